The Bertz CT molecular complexity index is 466. The van der Waals surface area contributed by atoms with Crippen LogP contribution in [0.5, 0.6) is 11.5 Å². The van der Waals surface area contributed by atoms with Gasteiger partial charge in [0.05, 0.1) is 6.04 Å². The Labute approximate surface area is 125 Å². The van der Waals surface area contributed by atoms with Gasteiger partial charge in [0, 0.05) is 11.8 Å². The maximum absolute atomic E-state index is 11.9. The summed E-state index contributed by atoms with van der Waals surface area (Å²) < 4.78 is 10.9. The molecule has 0 spiro atoms. The average molecular weight is 301 g/mol. The number of rotatable bonds is 4. The van der Waals surface area contributed by atoms with Gasteiger partial charge in [0.1, 0.15) is 13.2 Å². The topological polar surface area (TPSA) is 73.6 Å². The third-order valence-corrected chi connectivity index (χ3v) is 2.87. The van der Waals surface area contributed by atoms with Crippen LogP contribution in [-0.4, -0.2) is 25.2 Å². The summed E-state index contributed by atoms with van der Waals surface area (Å²) in [5, 5.41) is 2.80. The van der Waals surface area contributed by atoms with Crippen LogP contribution >= 0.6 is 12.4 Å². The zero-order valence-electron chi connectivity index (χ0n) is 11.7. The fourth-order valence-corrected chi connectivity index (χ4v) is 1.97. The van der Waals surface area contributed by atoms with Crippen LogP contribution in [0.2, 0.25) is 0 Å². The van der Waals surface area contributed by atoms with Crippen LogP contribution in [0, 0.1) is 5.92 Å². The molecule has 1 heterocycles. The summed E-state index contributed by atoms with van der Waals surface area (Å²) in [5.74, 6) is 1.57. The van der Waals surface area contributed by atoms with Crippen LogP contribution < -0.4 is 20.5 Å². The van der Waals surface area contributed by atoms with E-state index in [0.29, 0.717) is 42.7 Å². The normalized spacial score (nSPS) is 14.4. The molecule has 112 valence electrons. The molecule has 1 amide bonds. The second kappa shape index (κ2) is 7.36. The highest BCUT2D eigenvalue weighted by atomic mass is 35.5. The predicted octanol–water partition coefficient (Wildman–Crippen LogP) is 2.19. The van der Waals surface area contributed by atoms with Crippen LogP contribution in [0.25, 0.3) is 0 Å². The van der Waals surface area contributed by atoms with Crippen molar-refractivity contribution in [1.29, 1.82) is 0 Å². The minimum Gasteiger partial charge on any atom is -0.486 e. The van der Waals surface area contributed by atoms with Gasteiger partial charge in [-0.25, -0.2) is 0 Å². The molecule has 0 unspecified atom stereocenters. The first-order valence-electron chi connectivity index (χ1n) is 6.52. The maximum Gasteiger partial charge on any atom is 0.241 e. The van der Waals surface area contributed by atoms with E-state index in [1.54, 1.807) is 18.2 Å². The minimum absolute atomic E-state index is 0. The highest BCUT2D eigenvalue weighted by Crippen LogP contribution is 2.32. The number of anilines is 1. The van der Waals surface area contributed by atoms with E-state index in [1.165, 1.54) is 0 Å². The molecule has 5 nitrogen and oxygen atoms in total. The van der Waals surface area contributed by atoms with Gasteiger partial charge in [-0.1, -0.05) is 13.8 Å². The molecule has 3 N–H and O–H groups in total. The number of carbonyl (C=O) groups excluding carboxylic acids is 1. The van der Waals surface area contributed by atoms with Gasteiger partial charge >= 0.3 is 0 Å². The summed E-state index contributed by atoms with van der Waals surface area (Å²) in [6.07, 6.45) is 0.663. The Morgan fingerprint density at radius 3 is 2.60 bits per heavy atom. The SMILES string of the molecule is CC(C)C[C@H](N)C(=O)Nc1ccc2c(c1)OCCO2.Cl. The molecule has 2 rings (SSSR count). The minimum atomic E-state index is -0.492. The van der Waals surface area contributed by atoms with E-state index >= 15 is 0 Å². The zero-order chi connectivity index (χ0) is 13.8. The van der Waals surface area contributed by atoms with E-state index in [4.69, 9.17) is 15.2 Å². The molecular weight excluding hydrogens is 280 g/mol. The Hall–Kier alpha value is -1.46. The number of hydrogen-bond acceptors (Lipinski definition) is 4. The van der Waals surface area contributed by atoms with Gasteiger partial charge in [0.2, 0.25) is 5.91 Å². The van der Waals surface area contributed by atoms with Gasteiger partial charge in [0.15, 0.2) is 11.5 Å². The van der Waals surface area contributed by atoms with Gasteiger partial charge in [-0.2, -0.15) is 0 Å². The van der Waals surface area contributed by atoms with E-state index in [2.05, 4.69) is 5.32 Å². The van der Waals surface area contributed by atoms with Gasteiger partial charge in [0.25, 0.3) is 0 Å². The maximum atomic E-state index is 11.9. The molecule has 0 saturated carbocycles. The number of carbonyl (C=O) groups is 1. The summed E-state index contributed by atoms with van der Waals surface area (Å²) >= 11 is 0. The van der Waals surface area contributed by atoms with E-state index in [1.807, 2.05) is 13.8 Å². The van der Waals surface area contributed by atoms with E-state index in [-0.39, 0.29) is 18.3 Å². The summed E-state index contributed by atoms with van der Waals surface area (Å²) in [4.78, 5) is 11.9. The van der Waals surface area contributed by atoms with Crippen molar-refractivity contribution in [1.82, 2.24) is 0 Å². The Morgan fingerprint density at radius 1 is 1.30 bits per heavy atom. The van der Waals surface area contributed by atoms with Crippen molar-refractivity contribution in [3.63, 3.8) is 0 Å². The molecule has 1 aliphatic rings. The van der Waals surface area contributed by atoms with E-state index in [0.717, 1.165) is 0 Å². The second-order valence-corrected chi connectivity index (χ2v) is 5.08. The van der Waals surface area contributed by atoms with Crippen LogP contribution in [0.15, 0.2) is 18.2 Å². The van der Waals surface area contributed by atoms with Gasteiger partial charge in [-0.3, -0.25) is 4.79 Å². The first-order valence-corrected chi connectivity index (χ1v) is 6.52. The number of hydrogen-bond donors (Lipinski definition) is 2. The molecule has 1 aliphatic heterocycles. The number of nitrogens with one attached hydrogen (secondary N) is 1. The Morgan fingerprint density at radius 2 is 1.95 bits per heavy atom. The molecular formula is C14H21ClN2O3. The molecule has 0 aromatic heterocycles. The third-order valence-electron chi connectivity index (χ3n) is 2.87. The fourth-order valence-electron chi connectivity index (χ4n) is 1.97. The smallest absolute Gasteiger partial charge is 0.241 e. The first-order chi connectivity index (χ1) is 9.06. The third kappa shape index (κ3) is 4.28. The van der Waals surface area contributed by atoms with Gasteiger partial charge in [-0.15, -0.1) is 12.4 Å². The summed E-state index contributed by atoms with van der Waals surface area (Å²) in [6, 6.07) is 4.84. The van der Waals surface area contributed by atoms with Crippen LogP contribution in [-0.2, 0) is 4.79 Å². The number of ether oxygens (including phenoxy) is 2. The monoisotopic (exact) mass is 300 g/mol. The highest BCUT2D eigenvalue weighted by Gasteiger charge is 2.17. The van der Waals surface area contributed by atoms with Crippen LogP contribution in [0.4, 0.5) is 5.69 Å². The highest BCUT2D eigenvalue weighted by molar-refractivity contribution is 5.94. The van der Waals surface area contributed by atoms with E-state index in [9.17, 15) is 4.79 Å². The molecule has 0 bridgehead atoms. The predicted molar refractivity (Wildman–Crippen MR) is 80.7 cm³/mol. The lowest BCUT2D eigenvalue weighted by Gasteiger charge is -2.19. The number of amides is 1. The molecule has 1 aromatic rings. The van der Waals surface area contributed by atoms with Crippen molar-refractivity contribution in [3.05, 3.63) is 18.2 Å². The summed E-state index contributed by atoms with van der Waals surface area (Å²) in [7, 11) is 0. The Balaban J connectivity index is 0.00000200. The molecule has 0 saturated heterocycles. The van der Waals surface area contributed by atoms with Crippen molar-refractivity contribution in [3.8, 4) is 11.5 Å². The molecule has 1 atom stereocenters. The largest absolute Gasteiger partial charge is 0.486 e. The van der Waals surface area contributed by atoms with Crippen molar-refractivity contribution in [2.45, 2.75) is 26.3 Å². The van der Waals surface area contributed by atoms with Crippen molar-refractivity contribution < 1.29 is 14.3 Å². The summed E-state index contributed by atoms with van der Waals surface area (Å²) in [5.41, 5.74) is 6.51. The second-order valence-electron chi connectivity index (χ2n) is 5.08. The van der Waals surface area contributed by atoms with Crippen molar-refractivity contribution in [2.24, 2.45) is 11.7 Å². The first kappa shape index (κ1) is 16.6. The Kier molecular flexibility index (Phi) is 6.10. The van der Waals surface area contributed by atoms with Gasteiger partial charge in [-0.05, 0) is 24.5 Å². The number of benzene rings is 1. The van der Waals surface area contributed by atoms with E-state index < -0.39 is 6.04 Å². The van der Waals surface area contributed by atoms with Crippen molar-refractivity contribution in [2.75, 3.05) is 18.5 Å². The fraction of sp³-hybridized carbons (Fsp3) is 0.500. The molecule has 1 aromatic carbocycles. The quantitative estimate of drug-likeness (QED) is 0.894. The van der Waals surface area contributed by atoms with Crippen molar-refractivity contribution >= 4 is 24.0 Å². The zero-order valence-corrected chi connectivity index (χ0v) is 12.5. The molecule has 0 fully saturated rings. The van der Waals surface area contributed by atoms with Crippen LogP contribution in [0.3, 0.4) is 0 Å². The average Bonchev–Trinajstić information content (AvgIpc) is 2.37. The van der Waals surface area contributed by atoms with Gasteiger partial charge < -0.3 is 20.5 Å². The number of nitrogens with two attached hydrogens (primary N) is 1. The molecule has 0 radical (unpaired) electrons. The lowest BCUT2D eigenvalue weighted by molar-refractivity contribution is -0.117. The molecule has 6 heteroatoms. The summed E-state index contributed by atoms with van der Waals surface area (Å²) in [6.45, 7) is 5.16. The lowest BCUT2D eigenvalue weighted by Crippen LogP contribution is -2.36. The van der Waals surface area contributed by atoms with Crippen LogP contribution in [0.1, 0.15) is 20.3 Å². The standard InChI is InChI=1S/C14H20N2O3.ClH/c1-9(2)7-11(15)14(17)16-10-3-4-12-13(8-10)19-6-5-18-12;/h3-4,8-9,11H,5-7,15H2,1-2H3,(H,16,17);1H/t11-;/m0./s1. The number of fused-ring (bicyclic) bond motifs is 1. The molecule has 0 aliphatic carbocycles. The molecule has 20 heavy (non-hydrogen) atoms. The number of halogens is 1. The lowest BCUT2D eigenvalue weighted by atomic mass is 10.0.